The van der Waals surface area contributed by atoms with Crippen LogP contribution in [0.4, 0.5) is 4.39 Å². The summed E-state index contributed by atoms with van der Waals surface area (Å²) in [7, 11) is 1.62. The van der Waals surface area contributed by atoms with Crippen LogP contribution in [0.15, 0.2) is 47.8 Å². The zero-order valence-corrected chi connectivity index (χ0v) is 18.9. The molecule has 0 spiro atoms. The van der Waals surface area contributed by atoms with Crippen LogP contribution < -0.4 is 4.74 Å². The van der Waals surface area contributed by atoms with E-state index in [4.69, 9.17) is 9.47 Å². The zero-order valence-electron chi connectivity index (χ0n) is 18.1. The van der Waals surface area contributed by atoms with Crippen LogP contribution in [0, 0.1) is 19.7 Å². The number of ether oxygens (including phenoxy) is 2. The topological polar surface area (TPSA) is 51.7 Å². The number of amides is 1. The molecule has 0 bridgehead atoms. The smallest absolute Gasteiger partial charge is 0.257 e. The summed E-state index contributed by atoms with van der Waals surface area (Å²) < 4.78 is 25.1. The summed E-state index contributed by atoms with van der Waals surface area (Å²) in [5.74, 6) is -0.0732. The Labute approximate surface area is 186 Å². The average Bonchev–Trinajstić information content (AvgIpc) is 3.21. The van der Waals surface area contributed by atoms with Crippen LogP contribution in [0.1, 0.15) is 38.6 Å². The first-order valence-corrected chi connectivity index (χ1v) is 11.0. The maximum atomic E-state index is 14.1. The molecule has 164 valence electrons. The van der Waals surface area contributed by atoms with Gasteiger partial charge < -0.3 is 14.4 Å². The predicted molar refractivity (Wildman–Crippen MR) is 120 cm³/mol. The van der Waals surface area contributed by atoms with Gasteiger partial charge in [-0.2, -0.15) is 0 Å². The normalized spacial score (nSPS) is 10.8. The molecule has 2 aromatic carbocycles. The predicted octanol–water partition coefficient (Wildman–Crippen LogP) is 5.16. The molecule has 1 aromatic heterocycles. The number of thiazole rings is 1. The number of hydrogen-bond donors (Lipinski definition) is 0. The number of benzene rings is 2. The van der Waals surface area contributed by atoms with Crippen molar-refractivity contribution in [1.82, 2.24) is 9.88 Å². The monoisotopic (exact) mass is 442 g/mol. The van der Waals surface area contributed by atoms with E-state index in [-0.39, 0.29) is 11.5 Å². The lowest BCUT2D eigenvalue weighted by atomic mass is 10.1. The molecule has 31 heavy (non-hydrogen) atoms. The standard InChI is InChI=1S/C24H27FN2O3S/c1-17-9-10-20(13-18(17)2)30-15-23-26-19(16-31-23)14-27(11-6-12-29-3)24(28)21-7-4-5-8-22(21)25/h4-5,7-10,13,16H,6,11-12,14-15H2,1-3H3. The molecule has 0 fully saturated rings. The lowest BCUT2D eigenvalue weighted by Crippen LogP contribution is -2.32. The molecule has 7 heteroatoms. The Kier molecular flexibility index (Phi) is 8.14. The Bertz CT molecular complexity index is 1020. The van der Waals surface area contributed by atoms with E-state index in [1.165, 1.54) is 34.6 Å². The van der Waals surface area contributed by atoms with Gasteiger partial charge in [0.05, 0.1) is 17.8 Å². The van der Waals surface area contributed by atoms with E-state index in [2.05, 4.69) is 18.8 Å². The third kappa shape index (κ3) is 6.35. The average molecular weight is 443 g/mol. The highest BCUT2D eigenvalue weighted by atomic mass is 32.1. The van der Waals surface area contributed by atoms with Gasteiger partial charge in [-0.1, -0.05) is 18.2 Å². The molecular weight excluding hydrogens is 415 g/mol. The number of nitrogens with zero attached hydrogens (tertiary/aromatic N) is 2. The summed E-state index contributed by atoms with van der Waals surface area (Å²) in [6.45, 7) is 5.75. The number of rotatable bonds is 10. The van der Waals surface area contributed by atoms with Gasteiger partial charge >= 0.3 is 0 Å². The summed E-state index contributed by atoms with van der Waals surface area (Å²) in [6, 6.07) is 12.0. The van der Waals surface area contributed by atoms with E-state index < -0.39 is 5.82 Å². The molecule has 0 radical (unpaired) electrons. The molecule has 3 aromatic rings. The van der Waals surface area contributed by atoms with Crippen LogP contribution in [0.5, 0.6) is 5.75 Å². The highest BCUT2D eigenvalue weighted by Crippen LogP contribution is 2.20. The molecule has 0 unspecified atom stereocenters. The first-order valence-electron chi connectivity index (χ1n) is 10.1. The molecule has 0 aliphatic heterocycles. The summed E-state index contributed by atoms with van der Waals surface area (Å²) in [6.07, 6.45) is 0.656. The minimum absolute atomic E-state index is 0.0634. The van der Waals surface area contributed by atoms with Crippen LogP contribution in [0.25, 0.3) is 0 Å². The quantitative estimate of drug-likeness (QED) is 0.407. The zero-order chi connectivity index (χ0) is 22.2. The molecular formula is C24H27FN2O3S. The maximum absolute atomic E-state index is 14.1. The largest absolute Gasteiger partial charge is 0.486 e. The lowest BCUT2D eigenvalue weighted by molar-refractivity contribution is 0.0717. The molecule has 0 N–H and O–H groups in total. The highest BCUT2D eigenvalue weighted by Gasteiger charge is 2.20. The van der Waals surface area contributed by atoms with Crippen LogP contribution >= 0.6 is 11.3 Å². The Morgan fingerprint density at radius 3 is 2.71 bits per heavy atom. The van der Waals surface area contributed by atoms with E-state index in [1.807, 2.05) is 23.6 Å². The van der Waals surface area contributed by atoms with Gasteiger partial charge in [-0.3, -0.25) is 4.79 Å². The van der Waals surface area contributed by atoms with Gasteiger partial charge in [0.25, 0.3) is 5.91 Å². The molecule has 3 rings (SSSR count). The van der Waals surface area contributed by atoms with Gasteiger partial charge in [0.15, 0.2) is 0 Å². The molecule has 0 saturated carbocycles. The first kappa shape index (κ1) is 22.9. The van der Waals surface area contributed by atoms with Gasteiger partial charge in [-0.05, 0) is 55.7 Å². The van der Waals surface area contributed by atoms with Gasteiger partial charge in [0.1, 0.15) is 23.2 Å². The SMILES string of the molecule is COCCCN(Cc1csc(COc2ccc(C)c(C)c2)n1)C(=O)c1ccccc1F. The molecule has 5 nitrogen and oxygen atoms in total. The number of carbonyl (C=O) groups excluding carboxylic acids is 1. The van der Waals surface area contributed by atoms with Crippen molar-refractivity contribution >= 4 is 17.2 Å². The summed E-state index contributed by atoms with van der Waals surface area (Å²) in [4.78, 5) is 19.2. The lowest BCUT2D eigenvalue weighted by Gasteiger charge is -2.22. The Balaban J connectivity index is 1.66. The molecule has 0 saturated heterocycles. The van der Waals surface area contributed by atoms with Crippen molar-refractivity contribution in [3.63, 3.8) is 0 Å². The van der Waals surface area contributed by atoms with E-state index in [1.54, 1.807) is 24.1 Å². The van der Waals surface area contributed by atoms with E-state index in [9.17, 15) is 9.18 Å². The van der Waals surface area contributed by atoms with Crippen molar-refractivity contribution in [3.05, 3.63) is 81.1 Å². The van der Waals surface area contributed by atoms with E-state index >= 15 is 0 Å². The van der Waals surface area contributed by atoms with Crippen LogP contribution in [0.3, 0.4) is 0 Å². The fourth-order valence-electron chi connectivity index (χ4n) is 3.09. The Morgan fingerprint density at radius 2 is 1.97 bits per heavy atom. The third-order valence-electron chi connectivity index (χ3n) is 4.96. The van der Waals surface area contributed by atoms with Gasteiger partial charge in [-0.15, -0.1) is 11.3 Å². The minimum Gasteiger partial charge on any atom is -0.486 e. The number of methoxy groups -OCH3 is 1. The number of halogens is 1. The highest BCUT2D eigenvalue weighted by molar-refractivity contribution is 7.09. The second-order valence-corrected chi connectivity index (χ2v) is 8.26. The fourth-order valence-corrected chi connectivity index (χ4v) is 3.79. The van der Waals surface area contributed by atoms with E-state index in [0.29, 0.717) is 32.7 Å². The van der Waals surface area contributed by atoms with Crippen molar-refractivity contribution in [2.24, 2.45) is 0 Å². The third-order valence-corrected chi connectivity index (χ3v) is 5.83. The van der Waals surface area contributed by atoms with Crippen LogP contribution in [-0.4, -0.2) is 36.1 Å². The Hall–Kier alpha value is -2.77. The van der Waals surface area contributed by atoms with Gasteiger partial charge in [-0.25, -0.2) is 9.37 Å². The summed E-state index contributed by atoms with van der Waals surface area (Å²) in [5, 5.41) is 2.74. The van der Waals surface area contributed by atoms with E-state index in [0.717, 1.165) is 16.5 Å². The van der Waals surface area contributed by atoms with Crippen molar-refractivity contribution in [2.45, 2.75) is 33.4 Å². The van der Waals surface area contributed by atoms with Crippen LogP contribution in [-0.2, 0) is 17.9 Å². The number of carbonyl (C=O) groups is 1. The van der Waals surface area contributed by atoms with Crippen molar-refractivity contribution in [2.75, 3.05) is 20.3 Å². The van der Waals surface area contributed by atoms with Crippen molar-refractivity contribution < 1.29 is 18.7 Å². The minimum atomic E-state index is -0.523. The molecule has 1 heterocycles. The Morgan fingerprint density at radius 1 is 1.16 bits per heavy atom. The summed E-state index contributed by atoms with van der Waals surface area (Å²) in [5.41, 5.74) is 3.21. The second kappa shape index (κ2) is 11.0. The molecule has 0 atom stereocenters. The van der Waals surface area contributed by atoms with Gasteiger partial charge in [0.2, 0.25) is 0 Å². The second-order valence-electron chi connectivity index (χ2n) is 7.32. The number of hydrogen-bond acceptors (Lipinski definition) is 5. The molecule has 1 amide bonds. The van der Waals surface area contributed by atoms with Crippen molar-refractivity contribution in [1.29, 1.82) is 0 Å². The molecule has 0 aliphatic carbocycles. The number of aryl methyl sites for hydroxylation is 2. The first-order chi connectivity index (χ1) is 15.0. The van der Waals surface area contributed by atoms with Gasteiger partial charge in [0, 0.05) is 25.6 Å². The van der Waals surface area contributed by atoms with Crippen molar-refractivity contribution in [3.8, 4) is 5.75 Å². The number of aromatic nitrogens is 1. The molecule has 0 aliphatic rings. The van der Waals surface area contributed by atoms with Crippen LogP contribution in [0.2, 0.25) is 0 Å². The summed E-state index contributed by atoms with van der Waals surface area (Å²) >= 11 is 1.48. The fraction of sp³-hybridized carbons (Fsp3) is 0.333. The maximum Gasteiger partial charge on any atom is 0.257 e.